The summed E-state index contributed by atoms with van der Waals surface area (Å²) in [6.45, 7) is 2.10. The predicted octanol–water partition coefficient (Wildman–Crippen LogP) is 2.17. The fourth-order valence-corrected chi connectivity index (χ4v) is 5.09. The van der Waals surface area contributed by atoms with Crippen molar-refractivity contribution in [1.29, 1.82) is 0 Å². The molecule has 0 radical (unpaired) electrons. The maximum atomic E-state index is 14.4. The van der Waals surface area contributed by atoms with Gasteiger partial charge in [-0.3, -0.25) is 4.79 Å². The van der Waals surface area contributed by atoms with E-state index in [9.17, 15) is 17.6 Å². The first-order valence-corrected chi connectivity index (χ1v) is 12.8. The first-order chi connectivity index (χ1) is 15.3. The Hall–Kier alpha value is -2.69. The number of sulfone groups is 1. The summed E-state index contributed by atoms with van der Waals surface area (Å²) in [5.41, 5.74) is 0.135. The Morgan fingerprint density at radius 2 is 1.88 bits per heavy atom. The largest absolute Gasteiger partial charge is 0.371 e. The lowest BCUT2D eigenvalue weighted by atomic mass is 10.0. The average molecular weight is 464 g/mol. The number of aromatic nitrogens is 2. The normalized spacial score (nSPS) is 22.6. The van der Waals surface area contributed by atoms with E-state index in [4.69, 9.17) is 4.52 Å². The molecule has 1 N–H and O–H groups in total. The van der Waals surface area contributed by atoms with Crippen LogP contribution in [0.15, 0.2) is 27.6 Å². The first-order valence-electron chi connectivity index (χ1n) is 10.9. The summed E-state index contributed by atoms with van der Waals surface area (Å²) in [7, 11) is -3.49. The van der Waals surface area contributed by atoms with Crippen molar-refractivity contribution in [3.8, 4) is 0 Å². The number of anilines is 2. The van der Waals surface area contributed by atoms with E-state index in [1.165, 1.54) is 12.1 Å². The molecule has 0 bridgehead atoms. The number of hydrogen-bond acceptors (Lipinski definition) is 8. The van der Waals surface area contributed by atoms with Gasteiger partial charge in [-0.2, -0.15) is 4.98 Å². The van der Waals surface area contributed by atoms with E-state index in [1.54, 1.807) is 0 Å². The molecule has 1 amide bonds. The van der Waals surface area contributed by atoms with Gasteiger partial charge in [0.1, 0.15) is 11.9 Å². The van der Waals surface area contributed by atoms with Crippen LogP contribution in [-0.2, 0) is 14.6 Å². The molecule has 0 spiro atoms. The van der Waals surface area contributed by atoms with Crippen LogP contribution in [0.3, 0.4) is 0 Å². The Bertz CT molecular complexity index is 1120. The van der Waals surface area contributed by atoms with Gasteiger partial charge < -0.3 is 19.6 Å². The molecule has 172 valence electrons. The molecule has 11 heteroatoms. The van der Waals surface area contributed by atoms with Crippen LogP contribution in [0.2, 0.25) is 0 Å². The van der Waals surface area contributed by atoms with Gasteiger partial charge in [0.25, 0.3) is 5.95 Å². The van der Waals surface area contributed by atoms with Gasteiger partial charge in [-0.1, -0.05) is 0 Å². The summed E-state index contributed by atoms with van der Waals surface area (Å²) in [5, 5.41) is 7.06. The maximum absolute atomic E-state index is 14.4. The first kappa shape index (κ1) is 21.2. The van der Waals surface area contributed by atoms with Crippen molar-refractivity contribution in [3.63, 3.8) is 0 Å². The molecule has 3 fully saturated rings. The number of rotatable bonds is 6. The summed E-state index contributed by atoms with van der Waals surface area (Å²) < 4.78 is 42.9. The van der Waals surface area contributed by atoms with E-state index < -0.39 is 21.7 Å². The predicted molar refractivity (Wildman–Crippen MR) is 115 cm³/mol. The second kappa shape index (κ2) is 8.02. The molecule has 0 unspecified atom stereocenters. The Morgan fingerprint density at radius 1 is 1.12 bits per heavy atom. The second-order valence-corrected chi connectivity index (χ2v) is 10.9. The van der Waals surface area contributed by atoms with Crippen LogP contribution in [0.25, 0.3) is 0 Å². The minimum absolute atomic E-state index is 0.0504. The van der Waals surface area contributed by atoms with Crippen LogP contribution in [0.5, 0.6) is 0 Å². The van der Waals surface area contributed by atoms with E-state index >= 15 is 0 Å². The highest BCUT2D eigenvalue weighted by Crippen LogP contribution is 2.39. The molecule has 1 atom stereocenters. The fourth-order valence-electron chi connectivity index (χ4n) is 4.46. The Labute approximate surface area is 185 Å². The van der Waals surface area contributed by atoms with Gasteiger partial charge in [-0.25, -0.2) is 12.8 Å². The second-order valence-electron chi connectivity index (χ2n) is 8.86. The smallest absolute Gasteiger partial charge is 0.266 e. The van der Waals surface area contributed by atoms with Gasteiger partial charge in [0.2, 0.25) is 11.8 Å². The lowest BCUT2D eigenvalue weighted by Gasteiger charge is -2.36. The summed E-state index contributed by atoms with van der Waals surface area (Å²) in [6.07, 6.45) is 5.45. The molecule has 2 saturated heterocycles. The zero-order chi connectivity index (χ0) is 22.5. The van der Waals surface area contributed by atoms with Gasteiger partial charge in [-0.15, -0.1) is 0 Å². The molecule has 2 aromatic rings. The van der Waals surface area contributed by atoms with Crippen molar-refractivity contribution in [1.82, 2.24) is 15.0 Å². The lowest BCUT2D eigenvalue weighted by Crippen LogP contribution is -2.47. The van der Waals surface area contributed by atoms with Crippen LogP contribution >= 0.6 is 0 Å². The topological polar surface area (TPSA) is 109 Å². The number of hydrogen-bond donors (Lipinski definition) is 1. The van der Waals surface area contributed by atoms with Gasteiger partial charge in [-0.05, 0) is 55.5 Å². The summed E-state index contributed by atoms with van der Waals surface area (Å²) in [5.74, 6) is 1.05. The Morgan fingerprint density at radius 3 is 2.53 bits per heavy atom. The molecule has 2 aliphatic heterocycles. The Balaban J connectivity index is 1.18. The van der Waals surface area contributed by atoms with E-state index in [2.05, 4.69) is 20.4 Å². The van der Waals surface area contributed by atoms with Crippen LogP contribution in [-0.4, -0.2) is 67.3 Å². The van der Waals surface area contributed by atoms with Crippen molar-refractivity contribution >= 4 is 27.4 Å². The zero-order valence-corrected chi connectivity index (χ0v) is 18.6. The number of likely N-dealkylation sites (tertiary alicyclic amines) is 1. The standard InChI is InChI=1S/C21H26FN5O4S/c1-32(29,30)15-4-5-17(16(22)12-15)23-18-8-11-27(20(18)28)14-6-9-26(10-7-14)21-24-19(31-25-21)13-2-3-13/h4-5,12-14,18,23H,2-3,6-11H2,1H3/t18-/m0/s1. The summed E-state index contributed by atoms with van der Waals surface area (Å²) in [6, 6.07) is 3.31. The molecular formula is C21H26FN5O4S. The van der Waals surface area contributed by atoms with Gasteiger partial charge in [0.15, 0.2) is 9.84 Å². The Kier molecular flexibility index (Phi) is 5.31. The third kappa shape index (κ3) is 4.17. The SMILES string of the molecule is CS(=O)(=O)c1ccc(N[C@H]2CCN(C3CCN(c4noc(C5CC5)n4)CC3)C2=O)c(F)c1. The molecular weight excluding hydrogens is 437 g/mol. The summed E-state index contributed by atoms with van der Waals surface area (Å²) >= 11 is 0. The highest BCUT2D eigenvalue weighted by atomic mass is 32.2. The molecule has 1 aromatic heterocycles. The van der Waals surface area contributed by atoms with Crippen molar-refractivity contribution in [2.45, 2.75) is 55.0 Å². The van der Waals surface area contributed by atoms with E-state index in [0.29, 0.717) is 24.8 Å². The number of nitrogens with one attached hydrogen (secondary N) is 1. The number of nitrogens with zero attached hydrogens (tertiary/aromatic N) is 4. The van der Waals surface area contributed by atoms with E-state index in [-0.39, 0.29) is 22.5 Å². The molecule has 3 heterocycles. The molecule has 1 aromatic carbocycles. The number of amides is 1. The molecule has 5 rings (SSSR count). The average Bonchev–Trinajstić information content (AvgIpc) is 3.38. The monoisotopic (exact) mass is 463 g/mol. The molecule has 1 saturated carbocycles. The van der Waals surface area contributed by atoms with Crippen molar-refractivity contribution in [2.24, 2.45) is 0 Å². The molecule has 9 nitrogen and oxygen atoms in total. The van der Waals surface area contributed by atoms with Crippen molar-refractivity contribution < 1.29 is 22.1 Å². The number of halogens is 1. The molecule has 32 heavy (non-hydrogen) atoms. The van der Waals surface area contributed by atoms with Gasteiger partial charge in [0.05, 0.1) is 10.6 Å². The molecule has 1 aliphatic carbocycles. The van der Waals surface area contributed by atoms with Crippen LogP contribution < -0.4 is 10.2 Å². The maximum Gasteiger partial charge on any atom is 0.266 e. The quantitative estimate of drug-likeness (QED) is 0.694. The third-order valence-electron chi connectivity index (χ3n) is 6.48. The number of carbonyl (C=O) groups is 1. The molecule has 3 aliphatic rings. The zero-order valence-electron chi connectivity index (χ0n) is 17.8. The van der Waals surface area contributed by atoms with E-state index in [0.717, 1.165) is 57.0 Å². The van der Waals surface area contributed by atoms with Crippen molar-refractivity contribution in [2.75, 3.05) is 36.1 Å². The van der Waals surface area contributed by atoms with Crippen LogP contribution in [0.1, 0.15) is 43.9 Å². The minimum atomic E-state index is -3.49. The minimum Gasteiger partial charge on any atom is -0.371 e. The van der Waals surface area contributed by atoms with Crippen molar-refractivity contribution in [3.05, 3.63) is 29.9 Å². The lowest BCUT2D eigenvalue weighted by molar-refractivity contribution is -0.130. The van der Waals surface area contributed by atoms with Gasteiger partial charge in [0, 0.05) is 37.8 Å². The highest BCUT2D eigenvalue weighted by molar-refractivity contribution is 7.90. The van der Waals surface area contributed by atoms with E-state index in [1.807, 2.05) is 4.90 Å². The highest BCUT2D eigenvalue weighted by Gasteiger charge is 2.38. The van der Waals surface area contributed by atoms with Gasteiger partial charge >= 0.3 is 0 Å². The number of piperidine rings is 1. The number of carbonyl (C=O) groups excluding carboxylic acids is 1. The number of benzene rings is 1. The fraction of sp³-hybridized carbons (Fsp3) is 0.571. The van der Waals surface area contributed by atoms with Crippen LogP contribution in [0, 0.1) is 5.82 Å². The van der Waals surface area contributed by atoms with Crippen LogP contribution in [0.4, 0.5) is 16.0 Å². The summed E-state index contributed by atoms with van der Waals surface area (Å²) in [4.78, 5) is 21.4. The third-order valence-corrected chi connectivity index (χ3v) is 7.59.